The third-order valence-corrected chi connectivity index (χ3v) is 5.64. The van der Waals surface area contributed by atoms with Crippen molar-refractivity contribution in [3.63, 3.8) is 0 Å². The zero-order chi connectivity index (χ0) is 15.4. The molecule has 6 heteroatoms. The SMILES string of the molecule is O=S(=O)(Nc1cccc(N2CCCCC2)c1)NC1CCCC1. The molecule has 0 radical (unpaired) electrons. The van der Waals surface area contributed by atoms with Crippen molar-refractivity contribution >= 4 is 21.6 Å². The molecule has 1 saturated heterocycles. The van der Waals surface area contributed by atoms with E-state index < -0.39 is 10.2 Å². The average molecular weight is 323 g/mol. The fourth-order valence-corrected chi connectivity index (χ4v) is 4.54. The van der Waals surface area contributed by atoms with E-state index in [2.05, 4.69) is 14.3 Å². The molecule has 5 nitrogen and oxygen atoms in total. The lowest BCUT2D eigenvalue weighted by Gasteiger charge is -2.29. The zero-order valence-electron chi connectivity index (χ0n) is 12.9. The van der Waals surface area contributed by atoms with Crippen LogP contribution in [-0.4, -0.2) is 27.5 Å². The number of hydrogen-bond donors (Lipinski definition) is 2. The number of rotatable bonds is 5. The maximum atomic E-state index is 12.2. The molecule has 3 rings (SSSR count). The quantitative estimate of drug-likeness (QED) is 0.876. The van der Waals surface area contributed by atoms with E-state index in [9.17, 15) is 8.42 Å². The number of anilines is 2. The Morgan fingerprint density at radius 2 is 1.73 bits per heavy atom. The van der Waals surface area contributed by atoms with E-state index in [1.165, 1.54) is 19.3 Å². The molecule has 22 heavy (non-hydrogen) atoms. The van der Waals surface area contributed by atoms with Gasteiger partial charge in [-0.25, -0.2) is 0 Å². The first-order valence-electron chi connectivity index (χ1n) is 8.27. The van der Waals surface area contributed by atoms with E-state index in [1.807, 2.05) is 18.2 Å². The molecule has 122 valence electrons. The molecule has 2 fully saturated rings. The second kappa shape index (κ2) is 6.87. The second-order valence-electron chi connectivity index (χ2n) is 6.30. The molecule has 1 heterocycles. The van der Waals surface area contributed by atoms with Crippen molar-refractivity contribution in [2.75, 3.05) is 22.7 Å². The summed E-state index contributed by atoms with van der Waals surface area (Å²) in [6, 6.07) is 7.79. The molecule has 0 spiro atoms. The van der Waals surface area contributed by atoms with Crippen LogP contribution in [0.2, 0.25) is 0 Å². The van der Waals surface area contributed by atoms with Crippen molar-refractivity contribution in [1.82, 2.24) is 4.72 Å². The van der Waals surface area contributed by atoms with Crippen molar-refractivity contribution in [1.29, 1.82) is 0 Å². The predicted molar refractivity (Wildman–Crippen MR) is 90.4 cm³/mol. The average Bonchev–Trinajstić information content (AvgIpc) is 3.00. The van der Waals surface area contributed by atoms with Crippen LogP contribution in [0.5, 0.6) is 0 Å². The number of hydrogen-bond acceptors (Lipinski definition) is 3. The van der Waals surface area contributed by atoms with Gasteiger partial charge >= 0.3 is 0 Å². The summed E-state index contributed by atoms with van der Waals surface area (Å²) in [4.78, 5) is 2.33. The summed E-state index contributed by atoms with van der Waals surface area (Å²) in [7, 11) is -3.48. The van der Waals surface area contributed by atoms with E-state index in [0.29, 0.717) is 5.69 Å². The molecule has 2 aliphatic rings. The highest BCUT2D eigenvalue weighted by Crippen LogP contribution is 2.24. The van der Waals surface area contributed by atoms with E-state index in [0.717, 1.165) is 44.5 Å². The molecule has 0 bridgehead atoms. The van der Waals surface area contributed by atoms with Gasteiger partial charge in [-0.05, 0) is 50.3 Å². The van der Waals surface area contributed by atoms with Gasteiger partial charge in [-0.3, -0.25) is 4.72 Å². The minimum Gasteiger partial charge on any atom is -0.371 e. The molecule has 0 atom stereocenters. The fraction of sp³-hybridized carbons (Fsp3) is 0.625. The summed E-state index contributed by atoms with van der Waals surface area (Å²) in [5, 5.41) is 0. The van der Waals surface area contributed by atoms with Gasteiger partial charge in [-0.2, -0.15) is 13.1 Å². The lowest BCUT2D eigenvalue weighted by Crippen LogP contribution is -2.37. The first-order chi connectivity index (χ1) is 10.6. The third-order valence-electron chi connectivity index (χ3n) is 4.50. The molecule has 2 N–H and O–H groups in total. The van der Waals surface area contributed by atoms with Crippen molar-refractivity contribution in [2.24, 2.45) is 0 Å². The molecule has 0 aromatic heterocycles. The van der Waals surface area contributed by atoms with Gasteiger partial charge in [0, 0.05) is 24.8 Å². The van der Waals surface area contributed by atoms with Crippen LogP contribution in [-0.2, 0) is 10.2 Å². The van der Waals surface area contributed by atoms with Gasteiger partial charge in [-0.1, -0.05) is 18.9 Å². The highest BCUT2D eigenvalue weighted by molar-refractivity contribution is 7.90. The first kappa shape index (κ1) is 15.6. The number of benzene rings is 1. The summed E-state index contributed by atoms with van der Waals surface area (Å²) < 4.78 is 29.8. The Morgan fingerprint density at radius 1 is 1.00 bits per heavy atom. The minimum absolute atomic E-state index is 0.0859. The highest BCUT2D eigenvalue weighted by Gasteiger charge is 2.21. The van der Waals surface area contributed by atoms with Gasteiger partial charge in [0.2, 0.25) is 0 Å². The molecule has 1 aliphatic heterocycles. The van der Waals surface area contributed by atoms with Crippen molar-refractivity contribution in [3.05, 3.63) is 24.3 Å². The van der Waals surface area contributed by atoms with E-state index in [-0.39, 0.29) is 6.04 Å². The number of nitrogens with one attached hydrogen (secondary N) is 2. The molecule has 0 unspecified atom stereocenters. The summed E-state index contributed by atoms with van der Waals surface area (Å²) in [6.45, 7) is 2.10. The largest absolute Gasteiger partial charge is 0.371 e. The molecular formula is C16H25N3O2S. The minimum atomic E-state index is -3.48. The third kappa shape index (κ3) is 4.14. The molecular weight excluding hydrogens is 298 g/mol. The zero-order valence-corrected chi connectivity index (χ0v) is 13.7. The number of piperidine rings is 1. The van der Waals surface area contributed by atoms with E-state index in [4.69, 9.17) is 0 Å². The Morgan fingerprint density at radius 3 is 2.45 bits per heavy atom. The normalized spacial score (nSPS) is 20.3. The van der Waals surface area contributed by atoms with Crippen molar-refractivity contribution < 1.29 is 8.42 Å². The Hall–Kier alpha value is -1.27. The van der Waals surface area contributed by atoms with Crippen LogP contribution in [0.1, 0.15) is 44.9 Å². The standard InChI is InChI=1S/C16H25N3O2S/c20-22(21,17-14-7-2-3-8-14)18-15-9-6-10-16(13-15)19-11-4-1-5-12-19/h6,9-10,13-14,17-18H,1-5,7-8,11-12H2. The molecule has 1 aromatic carbocycles. The Bertz CT molecular complexity index is 591. The van der Waals surface area contributed by atoms with E-state index in [1.54, 1.807) is 6.07 Å². The monoisotopic (exact) mass is 323 g/mol. The van der Waals surface area contributed by atoms with Gasteiger partial charge in [0.1, 0.15) is 0 Å². The fourth-order valence-electron chi connectivity index (χ4n) is 3.37. The van der Waals surface area contributed by atoms with Crippen LogP contribution in [0.4, 0.5) is 11.4 Å². The van der Waals surface area contributed by atoms with Crippen LogP contribution in [0.25, 0.3) is 0 Å². The van der Waals surface area contributed by atoms with E-state index >= 15 is 0 Å². The topological polar surface area (TPSA) is 61.4 Å². The van der Waals surface area contributed by atoms with Gasteiger partial charge in [0.25, 0.3) is 10.2 Å². The van der Waals surface area contributed by atoms with Crippen molar-refractivity contribution in [2.45, 2.75) is 51.0 Å². The van der Waals surface area contributed by atoms with Gasteiger partial charge < -0.3 is 4.90 Å². The molecule has 1 saturated carbocycles. The maximum Gasteiger partial charge on any atom is 0.299 e. The Labute approximate surface area is 133 Å². The van der Waals surface area contributed by atoms with Crippen LogP contribution >= 0.6 is 0 Å². The lowest BCUT2D eigenvalue weighted by atomic mass is 10.1. The van der Waals surface area contributed by atoms with Crippen LogP contribution in [0.3, 0.4) is 0 Å². The summed E-state index contributed by atoms with van der Waals surface area (Å²) in [6.07, 6.45) is 7.80. The first-order valence-corrected chi connectivity index (χ1v) is 9.76. The summed E-state index contributed by atoms with van der Waals surface area (Å²) in [5.41, 5.74) is 1.73. The van der Waals surface area contributed by atoms with Gasteiger partial charge in [0.05, 0.1) is 5.69 Å². The summed E-state index contributed by atoms with van der Waals surface area (Å²) >= 11 is 0. The highest BCUT2D eigenvalue weighted by atomic mass is 32.2. The lowest BCUT2D eigenvalue weighted by molar-refractivity contribution is 0.557. The van der Waals surface area contributed by atoms with Crippen molar-refractivity contribution in [3.8, 4) is 0 Å². The molecule has 0 amide bonds. The second-order valence-corrected chi connectivity index (χ2v) is 7.75. The van der Waals surface area contributed by atoms with Gasteiger partial charge in [0.15, 0.2) is 0 Å². The Balaban J connectivity index is 1.66. The smallest absolute Gasteiger partial charge is 0.299 e. The molecule has 1 aromatic rings. The Kier molecular flexibility index (Phi) is 4.88. The predicted octanol–water partition coefficient (Wildman–Crippen LogP) is 2.87. The van der Waals surface area contributed by atoms with Gasteiger partial charge in [-0.15, -0.1) is 0 Å². The van der Waals surface area contributed by atoms with Crippen LogP contribution < -0.4 is 14.3 Å². The maximum absolute atomic E-state index is 12.2. The summed E-state index contributed by atoms with van der Waals surface area (Å²) in [5.74, 6) is 0. The van der Waals surface area contributed by atoms with Crippen LogP contribution in [0, 0.1) is 0 Å². The van der Waals surface area contributed by atoms with Crippen LogP contribution in [0.15, 0.2) is 24.3 Å². The molecule has 1 aliphatic carbocycles. The number of nitrogens with zero attached hydrogens (tertiary/aromatic N) is 1.